The first kappa shape index (κ1) is 18.2. The van der Waals surface area contributed by atoms with E-state index in [2.05, 4.69) is 10.4 Å². The summed E-state index contributed by atoms with van der Waals surface area (Å²) in [5.74, 6) is 0.352. The van der Waals surface area contributed by atoms with Crippen molar-refractivity contribution < 1.29 is 9.53 Å². The third-order valence-electron chi connectivity index (χ3n) is 4.53. The van der Waals surface area contributed by atoms with Gasteiger partial charge in [0.25, 0.3) is 5.56 Å². The van der Waals surface area contributed by atoms with Gasteiger partial charge < -0.3 is 10.1 Å². The number of anilines is 1. The molecule has 2 aromatic heterocycles. The molecule has 8 heteroatoms. The average Bonchev–Trinajstić information content (AvgIpc) is 3.00. The molecule has 3 rings (SSSR count). The third kappa shape index (κ3) is 3.04. The van der Waals surface area contributed by atoms with E-state index in [1.807, 2.05) is 25.1 Å². The van der Waals surface area contributed by atoms with E-state index < -0.39 is 11.9 Å². The summed E-state index contributed by atoms with van der Waals surface area (Å²) in [4.78, 5) is 25.6. The molecular formula is C19H19N5O3. The van der Waals surface area contributed by atoms with Gasteiger partial charge in [-0.25, -0.2) is 0 Å². The molecule has 138 valence electrons. The molecule has 0 radical (unpaired) electrons. The van der Waals surface area contributed by atoms with Gasteiger partial charge in [0.2, 0.25) is 5.91 Å². The summed E-state index contributed by atoms with van der Waals surface area (Å²) in [6, 6.07) is 8.10. The van der Waals surface area contributed by atoms with Crippen molar-refractivity contribution in [2.75, 3.05) is 12.4 Å². The standard InChI is InChI=1S/C19H19N5O3/c1-11-8-16(25)24(17-14(11)6-5-7-15(17)27-4)12(2)19(26)22-18-13(9-20)10-21-23(18)3/h5-8,10,12H,1-4H3,(H,22,26). The first-order valence-electron chi connectivity index (χ1n) is 8.30. The number of aryl methyl sites for hydroxylation is 2. The maximum atomic E-state index is 12.8. The number of pyridine rings is 1. The van der Waals surface area contributed by atoms with Gasteiger partial charge in [-0.3, -0.25) is 18.8 Å². The Morgan fingerprint density at radius 3 is 2.81 bits per heavy atom. The monoisotopic (exact) mass is 365 g/mol. The van der Waals surface area contributed by atoms with Crippen molar-refractivity contribution >= 4 is 22.6 Å². The van der Waals surface area contributed by atoms with Crippen molar-refractivity contribution in [1.82, 2.24) is 14.3 Å². The summed E-state index contributed by atoms with van der Waals surface area (Å²) < 4.78 is 8.23. The van der Waals surface area contributed by atoms with Crippen LogP contribution in [0.3, 0.4) is 0 Å². The summed E-state index contributed by atoms with van der Waals surface area (Å²) in [7, 11) is 3.14. The number of methoxy groups -OCH3 is 1. The Labute approximate surface area is 155 Å². The van der Waals surface area contributed by atoms with Crippen molar-refractivity contribution in [3.63, 3.8) is 0 Å². The minimum atomic E-state index is -0.835. The summed E-state index contributed by atoms with van der Waals surface area (Å²) in [6.07, 6.45) is 1.37. The topological polar surface area (TPSA) is 102 Å². The molecule has 0 aliphatic carbocycles. The van der Waals surface area contributed by atoms with Crippen LogP contribution in [0.2, 0.25) is 0 Å². The zero-order valence-corrected chi connectivity index (χ0v) is 15.5. The van der Waals surface area contributed by atoms with Gasteiger partial charge in [0.15, 0.2) is 0 Å². The number of aromatic nitrogens is 3. The third-order valence-corrected chi connectivity index (χ3v) is 4.53. The zero-order chi connectivity index (χ0) is 19.7. The van der Waals surface area contributed by atoms with Crippen molar-refractivity contribution in [3.8, 4) is 11.8 Å². The lowest BCUT2D eigenvalue weighted by Gasteiger charge is -2.20. The molecule has 0 bridgehead atoms. The molecule has 2 heterocycles. The molecule has 1 aromatic carbocycles. The Hall–Kier alpha value is -3.60. The molecule has 1 unspecified atom stereocenters. The molecule has 1 N–H and O–H groups in total. The number of carbonyl (C=O) groups excluding carboxylic acids is 1. The molecule has 0 fully saturated rings. The SMILES string of the molecule is COc1cccc2c(C)cc(=O)n(C(C)C(=O)Nc3c(C#N)cnn3C)c12. The maximum Gasteiger partial charge on any atom is 0.252 e. The smallest absolute Gasteiger partial charge is 0.252 e. The fraction of sp³-hybridized carbons (Fsp3) is 0.263. The van der Waals surface area contributed by atoms with Gasteiger partial charge in [-0.15, -0.1) is 0 Å². The molecule has 27 heavy (non-hydrogen) atoms. The van der Waals surface area contributed by atoms with Gasteiger partial charge in [-0.2, -0.15) is 10.4 Å². The van der Waals surface area contributed by atoms with Crippen molar-refractivity contribution in [1.29, 1.82) is 5.26 Å². The maximum absolute atomic E-state index is 12.8. The summed E-state index contributed by atoms with van der Waals surface area (Å²) >= 11 is 0. The highest BCUT2D eigenvalue weighted by Crippen LogP contribution is 2.28. The Kier molecular flexibility index (Phi) is 4.69. The number of rotatable bonds is 4. The number of para-hydroxylation sites is 1. The van der Waals surface area contributed by atoms with Crippen molar-refractivity contribution in [3.05, 3.63) is 51.9 Å². The van der Waals surface area contributed by atoms with Crippen molar-refractivity contribution in [2.45, 2.75) is 19.9 Å². The molecule has 0 aliphatic heterocycles. The van der Waals surface area contributed by atoms with E-state index in [0.29, 0.717) is 11.3 Å². The predicted molar refractivity (Wildman–Crippen MR) is 101 cm³/mol. The van der Waals surface area contributed by atoms with Crippen LogP contribution in [0.25, 0.3) is 10.9 Å². The second-order valence-corrected chi connectivity index (χ2v) is 6.20. The average molecular weight is 365 g/mol. The van der Waals surface area contributed by atoms with Crippen LogP contribution in [0.4, 0.5) is 5.82 Å². The quantitative estimate of drug-likeness (QED) is 0.763. The van der Waals surface area contributed by atoms with Gasteiger partial charge in [0.05, 0.1) is 18.8 Å². The lowest BCUT2D eigenvalue weighted by atomic mass is 10.1. The van der Waals surface area contributed by atoms with Crippen LogP contribution in [0.5, 0.6) is 5.75 Å². The fourth-order valence-electron chi connectivity index (χ4n) is 3.09. The van der Waals surface area contributed by atoms with Crippen LogP contribution in [-0.2, 0) is 11.8 Å². The van der Waals surface area contributed by atoms with E-state index >= 15 is 0 Å². The minimum absolute atomic E-state index is 0.247. The number of carbonyl (C=O) groups is 1. The predicted octanol–water partition coefficient (Wildman–Crippen LogP) is 2.12. The van der Waals surface area contributed by atoms with E-state index in [1.165, 1.54) is 28.6 Å². The zero-order valence-electron chi connectivity index (χ0n) is 15.5. The number of hydrogen-bond acceptors (Lipinski definition) is 5. The van der Waals surface area contributed by atoms with Crippen molar-refractivity contribution in [2.24, 2.45) is 7.05 Å². The van der Waals surface area contributed by atoms with E-state index in [9.17, 15) is 9.59 Å². The van der Waals surface area contributed by atoms with E-state index in [-0.39, 0.29) is 16.9 Å². The van der Waals surface area contributed by atoms with Crippen LogP contribution >= 0.6 is 0 Å². The van der Waals surface area contributed by atoms with Crippen LogP contribution < -0.4 is 15.6 Å². The number of nitriles is 1. The Morgan fingerprint density at radius 2 is 2.15 bits per heavy atom. The lowest BCUT2D eigenvalue weighted by molar-refractivity contribution is -0.118. The second-order valence-electron chi connectivity index (χ2n) is 6.20. The molecule has 0 saturated heterocycles. The van der Waals surface area contributed by atoms with E-state index in [0.717, 1.165) is 10.9 Å². The van der Waals surface area contributed by atoms with E-state index in [4.69, 9.17) is 10.00 Å². The molecule has 0 spiro atoms. The van der Waals surface area contributed by atoms with Gasteiger partial charge in [-0.1, -0.05) is 12.1 Å². The number of benzene rings is 1. The second kappa shape index (κ2) is 6.96. The molecule has 8 nitrogen and oxygen atoms in total. The number of nitrogens with zero attached hydrogens (tertiary/aromatic N) is 4. The van der Waals surface area contributed by atoms with Crippen LogP contribution in [0.1, 0.15) is 24.1 Å². The van der Waals surface area contributed by atoms with Gasteiger partial charge >= 0.3 is 0 Å². The summed E-state index contributed by atoms with van der Waals surface area (Å²) in [5, 5.41) is 16.6. The highest BCUT2D eigenvalue weighted by molar-refractivity contribution is 5.96. The Balaban J connectivity index is 2.12. The van der Waals surface area contributed by atoms with Crippen LogP contribution in [-0.4, -0.2) is 27.4 Å². The van der Waals surface area contributed by atoms with Gasteiger partial charge in [0.1, 0.15) is 29.2 Å². The Bertz CT molecular complexity index is 1140. The molecule has 1 amide bonds. The molecule has 0 aliphatic rings. The van der Waals surface area contributed by atoms with Crippen LogP contribution in [0.15, 0.2) is 35.3 Å². The van der Waals surface area contributed by atoms with Gasteiger partial charge in [0, 0.05) is 18.5 Å². The summed E-state index contributed by atoms with van der Waals surface area (Å²) in [5.41, 5.74) is 1.30. The number of nitrogens with one attached hydrogen (secondary N) is 1. The van der Waals surface area contributed by atoms with Crippen LogP contribution in [0, 0.1) is 18.3 Å². The minimum Gasteiger partial charge on any atom is -0.495 e. The molecule has 0 saturated carbocycles. The molecule has 3 aromatic rings. The summed E-state index contributed by atoms with van der Waals surface area (Å²) in [6.45, 7) is 3.47. The highest BCUT2D eigenvalue weighted by Gasteiger charge is 2.23. The first-order chi connectivity index (χ1) is 12.9. The van der Waals surface area contributed by atoms with Gasteiger partial charge in [-0.05, 0) is 25.5 Å². The number of amides is 1. The molecule has 1 atom stereocenters. The number of hydrogen-bond donors (Lipinski definition) is 1. The fourth-order valence-corrected chi connectivity index (χ4v) is 3.09. The number of fused-ring (bicyclic) bond motifs is 1. The largest absolute Gasteiger partial charge is 0.495 e. The molecular weight excluding hydrogens is 346 g/mol. The van der Waals surface area contributed by atoms with E-state index in [1.54, 1.807) is 20.0 Å². The highest BCUT2D eigenvalue weighted by atomic mass is 16.5. The normalized spacial score (nSPS) is 11.8. The first-order valence-corrected chi connectivity index (χ1v) is 8.30. The lowest BCUT2D eigenvalue weighted by Crippen LogP contribution is -2.32. The number of ether oxygens (including phenoxy) is 1. The Morgan fingerprint density at radius 1 is 1.41 bits per heavy atom.